The van der Waals surface area contributed by atoms with E-state index in [0.29, 0.717) is 18.4 Å². The largest absolute Gasteiger partial charge is 0.356 e. The van der Waals surface area contributed by atoms with Crippen molar-refractivity contribution in [1.29, 1.82) is 0 Å². The lowest BCUT2D eigenvalue weighted by Crippen LogP contribution is -2.46. The summed E-state index contributed by atoms with van der Waals surface area (Å²) in [6, 6.07) is 11.6. The predicted octanol–water partition coefficient (Wildman–Crippen LogP) is 2.34. The first-order valence-electron chi connectivity index (χ1n) is 10.5. The number of guanidine groups is 1. The Hall–Kier alpha value is -1.35. The van der Waals surface area contributed by atoms with Gasteiger partial charge in [-0.05, 0) is 38.8 Å². The Morgan fingerprint density at radius 3 is 2.66 bits per heavy atom. The van der Waals surface area contributed by atoms with Crippen LogP contribution in [0.5, 0.6) is 0 Å². The van der Waals surface area contributed by atoms with Gasteiger partial charge in [0.15, 0.2) is 5.96 Å². The van der Waals surface area contributed by atoms with Crippen molar-refractivity contribution in [2.45, 2.75) is 44.7 Å². The van der Waals surface area contributed by atoms with Crippen LogP contribution in [-0.2, 0) is 11.2 Å². The molecule has 2 unspecified atom stereocenters. The van der Waals surface area contributed by atoms with Gasteiger partial charge in [-0.2, -0.15) is 0 Å². The molecular formula is C22H36IN5O. The molecule has 1 heterocycles. The van der Waals surface area contributed by atoms with Gasteiger partial charge in [-0.25, -0.2) is 0 Å². The minimum atomic E-state index is 0. The zero-order chi connectivity index (χ0) is 19.9. The van der Waals surface area contributed by atoms with Crippen LogP contribution in [0.25, 0.3) is 0 Å². The average Bonchev–Trinajstić information content (AvgIpc) is 3.50. The number of hydrogen-bond donors (Lipinski definition) is 2. The third-order valence-electron chi connectivity index (χ3n) is 5.97. The maximum absolute atomic E-state index is 12.3. The molecule has 1 aromatic carbocycles. The Morgan fingerprint density at radius 2 is 2.00 bits per heavy atom. The predicted molar refractivity (Wildman–Crippen MR) is 130 cm³/mol. The average molecular weight is 513 g/mol. The number of likely N-dealkylation sites (N-methyl/N-ethyl adjacent to an activating group) is 1. The second kappa shape index (κ2) is 11.7. The van der Waals surface area contributed by atoms with E-state index in [2.05, 4.69) is 58.8 Å². The number of carbonyl (C=O) groups excluding carboxylic acids is 1. The van der Waals surface area contributed by atoms with Crippen LogP contribution in [0.15, 0.2) is 35.3 Å². The van der Waals surface area contributed by atoms with Gasteiger partial charge in [0.2, 0.25) is 5.91 Å². The van der Waals surface area contributed by atoms with Gasteiger partial charge in [0.1, 0.15) is 0 Å². The Kier molecular flexibility index (Phi) is 9.68. The molecule has 2 atom stereocenters. The van der Waals surface area contributed by atoms with Crippen molar-refractivity contribution in [3.8, 4) is 0 Å². The molecule has 1 amide bonds. The molecule has 0 radical (unpaired) electrons. The fraction of sp³-hybridized carbons (Fsp3) is 0.636. The lowest BCUT2D eigenvalue weighted by molar-refractivity contribution is -0.127. The van der Waals surface area contributed by atoms with Crippen LogP contribution in [-0.4, -0.2) is 74.0 Å². The molecule has 6 nitrogen and oxygen atoms in total. The van der Waals surface area contributed by atoms with E-state index in [1.54, 1.807) is 7.05 Å². The minimum Gasteiger partial charge on any atom is -0.356 e. The van der Waals surface area contributed by atoms with Crippen LogP contribution < -0.4 is 10.6 Å². The zero-order valence-electron chi connectivity index (χ0n) is 17.9. The molecule has 2 fully saturated rings. The first-order valence-corrected chi connectivity index (χ1v) is 10.5. The van der Waals surface area contributed by atoms with Gasteiger partial charge in [0, 0.05) is 57.6 Å². The maximum atomic E-state index is 12.3. The molecule has 162 valence electrons. The number of amides is 1. The van der Waals surface area contributed by atoms with E-state index in [0.717, 1.165) is 44.6 Å². The second-order valence-corrected chi connectivity index (χ2v) is 8.23. The van der Waals surface area contributed by atoms with Crippen molar-refractivity contribution in [3.05, 3.63) is 35.9 Å². The van der Waals surface area contributed by atoms with Gasteiger partial charge >= 0.3 is 0 Å². The van der Waals surface area contributed by atoms with Crippen molar-refractivity contribution in [2.75, 3.05) is 40.3 Å². The van der Waals surface area contributed by atoms with Gasteiger partial charge in [0.05, 0.1) is 0 Å². The number of benzene rings is 1. The maximum Gasteiger partial charge on any atom is 0.223 e. The molecule has 2 aliphatic rings. The van der Waals surface area contributed by atoms with Crippen molar-refractivity contribution in [2.24, 2.45) is 10.9 Å². The van der Waals surface area contributed by atoms with E-state index >= 15 is 0 Å². The van der Waals surface area contributed by atoms with E-state index in [1.807, 2.05) is 11.0 Å². The normalized spacial score (nSPS) is 20.6. The summed E-state index contributed by atoms with van der Waals surface area (Å²) in [5, 5.41) is 6.83. The number of rotatable bonds is 9. The molecule has 1 aliphatic heterocycles. The summed E-state index contributed by atoms with van der Waals surface area (Å²) in [5.41, 5.74) is 1.28. The highest BCUT2D eigenvalue weighted by Gasteiger charge is 2.30. The molecule has 1 saturated heterocycles. The third kappa shape index (κ3) is 7.44. The molecule has 1 aliphatic carbocycles. The summed E-state index contributed by atoms with van der Waals surface area (Å²) in [6.07, 6.45) is 4.19. The second-order valence-electron chi connectivity index (χ2n) is 8.23. The number of hydrogen-bond acceptors (Lipinski definition) is 3. The summed E-state index contributed by atoms with van der Waals surface area (Å²) in [4.78, 5) is 21.1. The molecule has 3 rings (SSSR count). The van der Waals surface area contributed by atoms with E-state index in [-0.39, 0.29) is 29.9 Å². The van der Waals surface area contributed by atoms with Gasteiger partial charge in [-0.1, -0.05) is 30.3 Å². The lowest BCUT2D eigenvalue weighted by atomic mass is 10.1. The van der Waals surface area contributed by atoms with E-state index in [4.69, 9.17) is 0 Å². The van der Waals surface area contributed by atoms with Crippen LogP contribution in [0.4, 0.5) is 0 Å². The summed E-state index contributed by atoms with van der Waals surface area (Å²) < 4.78 is 0. The van der Waals surface area contributed by atoms with Gasteiger partial charge < -0.3 is 15.5 Å². The lowest BCUT2D eigenvalue weighted by Gasteiger charge is -2.25. The number of nitrogens with one attached hydrogen (secondary N) is 2. The molecule has 29 heavy (non-hydrogen) atoms. The highest BCUT2D eigenvalue weighted by Crippen LogP contribution is 2.26. The fourth-order valence-electron chi connectivity index (χ4n) is 3.81. The summed E-state index contributed by atoms with van der Waals surface area (Å²) in [6.45, 7) is 5.53. The standard InChI is InChI=1S/C22H35N5O.HI/c1-17(26(3)20-9-10-20)14-24-22(23-2)25-15-19-13-21(28)27(16-19)12-11-18-7-5-4-6-8-18;/h4-8,17,19-20H,9-16H2,1-3H3,(H2,23,24,25);1H. The first-order chi connectivity index (χ1) is 13.6. The monoisotopic (exact) mass is 513 g/mol. The molecule has 0 aromatic heterocycles. The number of likely N-dealkylation sites (tertiary alicyclic amines) is 1. The molecule has 2 N–H and O–H groups in total. The SMILES string of the molecule is CN=C(NCC1CC(=O)N(CCc2ccccc2)C1)NCC(C)N(C)C1CC1.I. The first kappa shape index (κ1) is 23.9. The number of halogens is 1. The minimum absolute atomic E-state index is 0. The molecular weight excluding hydrogens is 477 g/mol. The molecule has 0 spiro atoms. The van der Waals surface area contributed by atoms with Crippen molar-refractivity contribution in [3.63, 3.8) is 0 Å². The fourth-order valence-corrected chi connectivity index (χ4v) is 3.81. The van der Waals surface area contributed by atoms with Crippen LogP contribution in [0.1, 0.15) is 31.7 Å². The van der Waals surface area contributed by atoms with Crippen molar-refractivity contribution in [1.82, 2.24) is 20.4 Å². The molecule has 0 bridgehead atoms. The molecule has 1 saturated carbocycles. The van der Waals surface area contributed by atoms with E-state index in [9.17, 15) is 4.79 Å². The number of carbonyl (C=O) groups is 1. The topological polar surface area (TPSA) is 60.0 Å². The highest BCUT2D eigenvalue weighted by molar-refractivity contribution is 14.0. The van der Waals surface area contributed by atoms with Gasteiger partial charge in [0.25, 0.3) is 0 Å². The van der Waals surface area contributed by atoms with Gasteiger partial charge in [-0.3, -0.25) is 14.7 Å². The highest BCUT2D eigenvalue weighted by atomic mass is 127. The van der Waals surface area contributed by atoms with E-state index < -0.39 is 0 Å². The summed E-state index contributed by atoms with van der Waals surface area (Å²) >= 11 is 0. The zero-order valence-corrected chi connectivity index (χ0v) is 20.3. The van der Waals surface area contributed by atoms with Crippen LogP contribution in [0, 0.1) is 5.92 Å². The van der Waals surface area contributed by atoms with E-state index in [1.165, 1.54) is 18.4 Å². The quantitative estimate of drug-likeness (QED) is 0.303. The summed E-state index contributed by atoms with van der Waals surface area (Å²) in [7, 11) is 4.00. The third-order valence-corrected chi connectivity index (χ3v) is 5.97. The van der Waals surface area contributed by atoms with Crippen molar-refractivity contribution >= 4 is 35.8 Å². The summed E-state index contributed by atoms with van der Waals surface area (Å²) in [5.74, 6) is 1.44. The van der Waals surface area contributed by atoms with Crippen LogP contribution >= 0.6 is 24.0 Å². The van der Waals surface area contributed by atoms with Crippen LogP contribution in [0.2, 0.25) is 0 Å². The Bertz CT molecular complexity index is 664. The molecule has 7 heteroatoms. The Labute approximate surface area is 192 Å². The Morgan fingerprint density at radius 1 is 1.28 bits per heavy atom. The smallest absolute Gasteiger partial charge is 0.223 e. The number of aliphatic imine (C=N–C) groups is 1. The number of nitrogens with zero attached hydrogens (tertiary/aromatic N) is 3. The Balaban J connectivity index is 0.00000300. The van der Waals surface area contributed by atoms with Gasteiger partial charge in [-0.15, -0.1) is 24.0 Å². The van der Waals surface area contributed by atoms with Crippen molar-refractivity contribution < 1.29 is 4.79 Å². The van der Waals surface area contributed by atoms with Crippen LogP contribution in [0.3, 0.4) is 0 Å². The molecule has 1 aromatic rings.